The van der Waals surface area contributed by atoms with Gasteiger partial charge in [-0.1, -0.05) is 48.0 Å². The second-order valence-electron chi connectivity index (χ2n) is 4.45. The molecule has 2 aromatic carbocycles. The Kier molecular flexibility index (Phi) is 6.24. The summed E-state index contributed by atoms with van der Waals surface area (Å²) in [5.41, 5.74) is 1.16. The lowest BCUT2D eigenvalue weighted by Gasteiger charge is -2.12. The molecule has 4 heteroatoms. The van der Waals surface area contributed by atoms with Crippen LogP contribution in [0, 0.1) is 0 Å². The highest BCUT2D eigenvalue weighted by molar-refractivity contribution is 7.99. The largest absolute Gasteiger partial charge is 0.313 e. The first-order valence-corrected chi connectivity index (χ1v) is 8.19. The first-order chi connectivity index (χ1) is 9.70. The minimum absolute atomic E-state index is 0.755. The van der Waals surface area contributed by atoms with Gasteiger partial charge in [-0.25, -0.2) is 0 Å². The quantitative estimate of drug-likeness (QED) is 0.689. The Morgan fingerprint density at radius 3 is 2.50 bits per heavy atom. The van der Waals surface area contributed by atoms with E-state index in [9.17, 15) is 0 Å². The summed E-state index contributed by atoms with van der Waals surface area (Å²) in [7, 11) is 0. The lowest BCUT2D eigenvalue weighted by Crippen LogP contribution is -2.14. The lowest BCUT2D eigenvalue weighted by molar-refractivity contribution is 0.669. The fraction of sp³-hybridized carbons (Fsp3) is 0.250. The smallest absolute Gasteiger partial charge is 0.0462 e. The molecule has 1 nitrogen and oxygen atoms in total. The van der Waals surface area contributed by atoms with E-state index in [0.717, 1.165) is 40.0 Å². The molecule has 0 aliphatic carbocycles. The van der Waals surface area contributed by atoms with Crippen LogP contribution < -0.4 is 5.32 Å². The van der Waals surface area contributed by atoms with E-state index in [2.05, 4.69) is 18.3 Å². The van der Waals surface area contributed by atoms with Crippen molar-refractivity contribution in [2.75, 3.05) is 6.54 Å². The van der Waals surface area contributed by atoms with Crippen molar-refractivity contribution < 1.29 is 0 Å². The maximum atomic E-state index is 6.33. The predicted molar refractivity (Wildman–Crippen MR) is 89.0 cm³/mol. The molecule has 2 rings (SSSR count). The molecule has 0 atom stereocenters. The van der Waals surface area contributed by atoms with Crippen molar-refractivity contribution in [1.82, 2.24) is 5.32 Å². The summed E-state index contributed by atoms with van der Waals surface area (Å²) >= 11 is 14.0. The van der Waals surface area contributed by atoms with E-state index in [1.54, 1.807) is 11.8 Å². The van der Waals surface area contributed by atoms with Crippen LogP contribution in [0.1, 0.15) is 18.9 Å². The standard InChI is InChI=1S/C16H17Cl2NS/c1-2-10-19-11-14-15(18)4-3-5-16(14)20-13-8-6-12(17)7-9-13/h3-9,19H,2,10-11H2,1H3. The zero-order chi connectivity index (χ0) is 14.4. The number of nitrogens with one attached hydrogen (secondary N) is 1. The lowest BCUT2D eigenvalue weighted by atomic mass is 10.2. The molecule has 0 aliphatic heterocycles. The molecule has 1 N–H and O–H groups in total. The van der Waals surface area contributed by atoms with Crippen LogP contribution in [0.25, 0.3) is 0 Å². The molecule has 0 spiro atoms. The molecule has 0 unspecified atom stereocenters. The van der Waals surface area contributed by atoms with Crippen molar-refractivity contribution in [3.63, 3.8) is 0 Å². The van der Waals surface area contributed by atoms with Gasteiger partial charge in [-0.3, -0.25) is 0 Å². The molecule has 0 heterocycles. The van der Waals surface area contributed by atoms with E-state index < -0.39 is 0 Å². The maximum Gasteiger partial charge on any atom is 0.0462 e. The van der Waals surface area contributed by atoms with Gasteiger partial charge in [0.2, 0.25) is 0 Å². The van der Waals surface area contributed by atoms with Crippen LogP contribution in [-0.4, -0.2) is 6.54 Å². The van der Waals surface area contributed by atoms with Crippen molar-refractivity contribution in [3.8, 4) is 0 Å². The molecule has 0 saturated heterocycles. The highest BCUT2D eigenvalue weighted by atomic mass is 35.5. The first kappa shape index (κ1) is 15.7. The highest BCUT2D eigenvalue weighted by Crippen LogP contribution is 2.34. The molecule has 106 valence electrons. The molecule has 2 aromatic rings. The first-order valence-electron chi connectivity index (χ1n) is 6.62. The monoisotopic (exact) mass is 325 g/mol. The van der Waals surface area contributed by atoms with Crippen LogP contribution in [0.3, 0.4) is 0 Å². The summed E-state index contributed by atoms with van der Waals surface area (Å²) in [6.45, 7) is 3.95. The molecular weight excluding hydrogens is 309 g/mol. The van der Waals surface area contributed by atoms with Crippen molar-refractivity contribution in [3.05, 3.63) is 58.1 Å². The van der Waals surface area contributed by atoms with Gasteiger partial charge in [0.15, 0.2) is 0 Å². The van der Waals surface area contributed by atoms with Gasteiger partial charge in [0.1, 0.15) is 0 Å². The van der Waals surface area contributed by atoms with Crippen molar-refractivity contribution >= 4 is 35.0 Å². The van der Waals surface area contributed by atoms with E-state index in [4.69, 9.17) is 23.2 Å². The summed E-state index contributed by atoms with van der Waals surface area (Å²) in [6.07, 6.45) is 1.12. The normalized spacial score (nSPS) is 10.8. The van der Waals surface area contributed by atoms with Crippen LogP contribution in [0.2, 0.25) is 10.0 Å². The van der Waals surface area contributed by atoms with Gasteiger partial charge in [0.05, 0.1) is 0 Å². The molecule has 0 radical (unpaired) electrons. The van der Waals surface area contributed by atoms with E-state index in [1.165, 1.54) is 4.90 Å². The maximum absolute atomic E-state index is 6.33. The van der Waals surface area contributed by atoms with E-state index >= 15 is 0 Å². The molecular formula is C16H17Cl2NS. The Bertz CT molecular complexity index is 555. The molecule has 0 aliphatic rings. The van der Waals surface area contributed by atoms with Gasteiger partial charge in [0, 0.05) is 26.4 Å². The van der Waals surface area contributed by atoms with Gasteiger partial charge in [-0.15, -0.1) is 0 Å². The number of hydrogen-bond donors (Lipinski definition) is 1. The van der Waals surface area contributed by atoms with Crippen LogP contribution >= 0.6 is 35.0 Å². The van der Waals surface area contributed by atoms with Gasteiger partial charge >= 0.3 is 0 Å². The van der Waals surface area contributed by atoms with Gasteiger partial charge in [-0.2, -0.15) is 0 Å². The summed E-state index contributed by atoms with van der Waals surface area (Å²) in [5, 5.41) is 4.98. The Labute approximate surface area is 134 Å². The zero-order valence-electron chi connectivity index (χ0n) is 11.3. The van der Waals surface area contributed by atoms with Crippen LogP contribution in [0.5, 0.6) is 0 Å². The second-order valence-corrected chi connectivity index (χ2v) is 6.41. The topological polar surface area (TPSA) is 12.0 Å². The number of halogens is 2. The van der Waals surface area contributed by atoms with Crippen molar-refractivity contribution in [1.29, 1.82) is 0 Å². The average Bonchev–Trinajstić information content (AvgIpc) is 2.44. The third-order valence-corrected chi connectivity index (χ3v) is 4.56. The van der Waals surface area contributed by atoms with Gasteiger partial charge in [-0.05, 0) is 54.9 Å². The molecule has 0 amide bonds. The summed E-state index contributed by atoms with van der Waals surface area (Å²) < 4.78 is 0. The molecule has 20 heavy (non-hydrogen) atoms. The molecule has 0 aromatic heterocycles. The highest BCUT2D eigenvalue weighted by Gasteiger charge is 2.08. The molecule has 0 saturated carbocycles. The Morgan fingerprint density at radius 1 is 1.05 bits per heavy atom. The predicted octanol–water partition coefficient (Wildman–Crippen LogP) is 5.64. The molecule has 0 bridgehead atoms. The zero-order valence-corrected chi connectivity index (χ0v) is 13.7. The number of hydrogen-bond acceptors (Lipinski definition) is 2. The summed E-state index contributed by atoms with van der Waals surface area (Å²) in [6, 6.07) is 13.9. The van der Waals surface area contributed by atoms with Crippen molar-refractivity contribution in [2.24, 2.45) is 0 Å². The minimum atomic E-state index is 0.755. The fourth-order valence-corrected chi connectivity index (χ4v) is 3.23. The van der Waals surface area contributed by atoms with Crippen LogP contribution in [0.15, 0.2) is 52.3 Å². The average molecular weight is 326 g/mol. The third kappa shape index (κ3) is 4.42. The number of benzene rings is 2. The van der Waals surface area contributed by atoms with Gasteiger partial charge < -0.3 is 5.32 Å². The Morgan fingerprint density at radius 2 is 1.80 bits per heavy atom. The second kappa shape index (κ2) is 7.94. The minimum Gasteiger partial charge on any atom is -0.313 e. The van der Waals surface area contributed by atoms with Crippen LogP contribution in [-0.2, 0) is 6.54 Å². The summed E-state index contributed by atoms with van der Waals surface area (Å²) in [5.74, 6) is 0. The Hall–Kier alpha value is -0.670. The number of rotatable bonds is 6. The van der Waals surface area contributed by atoms with Gasteiger partial charge in [0.25, 0.3) is 0 Å². The fourth-order valence-electron chi connectivity index (χ4n) is 1.83. The van der Waals surface area contributed by atoms with E-state index in [0.29, 0.717) is 0 Å². The summed E-state index contributed by atoms with van der Waals surface area (Å²) in [4.78, 5) is 2.34. The third-order valence-electron chi connectivity index (χ3n) is 2.85. The molecule has 0 fully saturated rings. The van der Waals surface area contributed by atoms with Crippen molar-refractivity contribution in [2.45, 2.75) is 29.7 Å². The Balaban J connectivity index is 2.17. The SMILES string of the molecule is CCCNCc1c(Cl)cccc1Sc1ccc(Cl)cc1. The van der Waals surface area contributed by atoms with Crippen LogP contribution in [0.4, 0.5) is 0 Å². The van der Waals surface area contributed by atoms with E-state index in [-0.39, 0.29) is 0 Å². The van der Waals surface area contributed by atoms with E-state index in [1.807, 2.05) is 36.4 Å².